The van der Waals surface area contributed by atoms with Crippen LogP contribution in [-0.2, 0) is 0 Å². The number of pyridine rings is 2. The van der Waals surface area contributed by atoms with Crippen molar-refractivity contribution in [1.29, 1.82) is 0 Å². The number of nitrogens with zero attached hydrogens (tertiary/aromatic N) is 1. The lowest BCUT2D eigenvalue weighted by Gasteiger charge is -2.07. The summed E-state index contributed by atoms with van der Waals surface area (Å²) in [6.45, 7) is 0. The van der Waals surface area contributed by atoms with Crippen molar-refractivity contribution in [1.82, 2.24) is 9.97 Å². The number of hydrogen-bond acceptors (Lipinski definition) is 4. The summed E-state index contributed by atoms with van der Waals surface area (Å²) < 4.78 is 0.507. The summed E-state index contributed by atoms with van der Waals surface area (Å²) >= 11 is 7.63. The van der Waals surface area contributed by atoms with Crippen LogP contribution in [0, 0.1) is 0 Å². The van der Waals surface area contributed by atoms with Crippen LogP contribution in [0.1, 0.15) is 0 Å². The first-order chi connectivity index (χ1) is 11.7. The van der Waals surface area contributed by atoms with Crippen LogP contribution in [-0.4, -0.2) is 15.1 Å². The van der Waals surface area contributed by atoms with Crippen molar-refractivity contribution in [2.45, 2.75) is 0 Å². The number of aromatic hydroxyl groups is 1. The Hall–Kier alpha value is -2.63. The molecule has 4 aromatic rings. The minimum absolute atomic E-state index is 0.0603. The molecule has 0 bridgehead atoms. The van der Waals surface area contributed by atoms with Gasteiger partial charge < -0.3 is 10.1 Å². The number of aromatic nitrogens is 2. The van der Waals surface area contributed by atoms with Gasteiger partial charge in [-0.15, -0.1) is 11.3 Å². The van der Waals surface area contributed by atoms with Crippen LogP contribution in [0.2, 0.25) is 4.34 Å². The van der Waals surface area contributed by atoms with Crippen molar-refractivity contribution < 1.29 is 5.11 Å². The number of halogens is 1. The third kappa shape index (κ3) is 2.29. The summed E-state index contributed by atoms with van der Waals surface area (Å²) in [5, 5.41) is 11.4. The van der Waals surface area contributed by atoms with Crippen LogP contribution >= 0.6 is 22.9 Å². The van der Waals surface area contributed by atoms with Crippen LogP contribution in [0.3, 0.4) is 0 Å². The lowest BCUT2D eigenvalue weighted by molar-refractivity contribution is 0.483. The fourth-order valence-electron chi connectivity index (χ4n) is 2.76. The Morgan fingerprint density at radius 2 is 1.67 bits per heavy atom. The molecule has 0 saturated carbocycles. The molecular formula is C18H11ClN2O2S. The highest BCUT2D eigenvalue weighted by molar-refractivity contribution is 7.23. The first kappa shape index (κ1) is 14.9. The van der Waals surface area contributed by atoms with E-state index in [2.05, 4.69) is 9.97 Å². The first-order valence-corrected chi connectivity index (χ1v) is 8.39. The largest absolute Gasteiger partial charge is 0.506 e. The third-order valence-corrected chi connectivity index (χ3v) is 5.14. The van der Waals surface area contributed by atoms with E-state index in [9.17, 15) is 9.90 Å². The molecule has 0 amide bonds. The maximum Gasteiger partial charge on any atom is 0.260 e. The number of nitrogens with one attached hydrogen (secondary N) is 1. The molecule has 2 N–H and O–H groups in total. The van der Waals surface area contributed by atoms with Crippen molar-refractivity contribution in [2.24, 2.45) is 0 Å². The predicted molar refractivity (Wildman–Crippen MR) is 97.8 cm³/mol. The number of benzene rings is 1. The molecule has 118 valence electrons. The van der Waals surface area contributed by atoms with E-state index in [1.807, 2.05) is 30.3 Å². The molecule has 6 heteroatoms. The molecule has 0 aliphatic heterocycles. The summed E-state index contributed by atoms with van der Waals surface area (Å²) in [6.07, 6.45) is 3.33. The summed E-state index contributed by atoms with van der Waals surface area (Å²) in [7, 11) is 0. The fourth-order valence-corrected chi connectivity index (χ4v) is 4.15. The van der Waals surface area contributed by atoms with E-state index in [0.29, 0.717) is 25.7 Å². The van der Waals surface area contributed by atoms with Gasteiger partial charge in [0.15, 0.2) is 0 Å². The van der Waals surface area contributed by atoms with Crippen molar-refractivity contribution in [3.63, 3.8) is 0 Å². The number of thiophene rings is 1. The van der Waals surface area contributed by atoms with Gasteiger partial charge in [0.2, 0.25) is 0 Å². The molecule has 1 aromatic carbocycles. The van der Waals surface area contributed by atoms with Crippen LogP contribution in [0.15, 0.2) is 59.7 Å². The van der Waals surface area contributed by atoms with Gasteiger partial charge in [0.1, 0.15) is 14.9 Å². The van der Waals surface area contributed by atoms with Crippen molar-refractivity contribution >= 4 is 33.2 Å². The zero-order chi connectivity index (χ0) is 16.7. The summed E-state index contributed by atoms with van der Waals surface area (Å²) in [5.74, 6) is -0.0603. The minimum Gasteiger partial charge on any atom is -0.506 e. The Balaban J connectivity index is 2.10. The number of rotatable bonds is 2. The predicted octanol–water partition coefficient (Wildman–Crippen LogP) is 4.68. The van der Waals surface area contributed by atoms with Gasteiger partial charge in [0.05, 0.1) is 10.9 Å². The quantitative estimate of drug-likeness (QED) is 0.549. The number of H-pyrrole nitrogens is 1. The van der Waals surface area contributed by atoms with Gasteiger partial charge in [-0.1, -0.05) is 41.9 Å². The molecule has 4 rings (SSSR count). The normalized spacial score (nSPS) is 11.0. The third-order valence-electron chi connectivity index (χ3n) is 3.82. The Labute approximate surface area is 146 Å². The van der Waals surface area contributed by atoms with E-state index in [4.69, 9.17) is 11.6 Å². The zero-order valence-corrected chi connectivity index (χ0v) is 13.9. The Morgan fingerprint density at radius 3 is 2.38 bits per heavy atom. The SMILES string of the molecule is O=c1[nH]c2sc(Cl)c(-c3ccncc3)c2c(O)c1-c1ccccc1. The molecule has 0 radical (unpaired) electrons. The summed E-state index contributed by atoms with van der Waals surface area (Å²) in [4.78, 5) is 19.8. The smallest absolute Gasteiger partial charge is 0.260 e. The van der Waals surface area contributed by atoms with Crippen molar-refractivity contribution in [3.05, 3.63) is 69.5 Å². The van der Waals surface area contributed by atoms with Gasteiger partial charge in [-0.2, -0.15) is 0 Å². The average molecular weight is 355 g/mol. The van der Waals surface area contributed by atoms with E-state index in [1.54, 1.807) is 24.5 Å². The number of aromatic amines is 1. The van der Waals surface area contributed by atoms with Crippen LogP contribution < -0.4 is 5.56 Å². The number of hydrogen-bond donors (Lipinski definition) is 2. The molecule has 0 spiro atoms. The molecule has 4 nitrogen and oxygen atoms in total. The van der Waals surface area contributed by atoms with E-state index < -0.39 is 0 Å². The highest BCUT2D eigenvalue weighted by atomic mass is 35.5. The molecule has 0 fully saturated rings. The molecule has 0 aliphatic carbocycles. The minimum atomic E-state index is -0.342. The average Bonchev–Trinajstić information content (AvgIpc) is 2.92. The fraction of sp³-hybridized carbons (Fsp3) is 0. The van der Waals surface area contributed by atoms with E-state index in [-0.39, 0.29) is 16.9 Å². The van der Waals surface area contributed by atoms with Crippen molar-refractivity contribution in [2.75, 3.05) is 0 Å². The first-order valence-electron chi connectivity index (χ1n) is 7.20. The maximum atomic E-state index is 12.4. The van der Waals surface area contributed by atoms with Gasteiger partial charge in [0, 0.05) is 18.0 Å². The zero-order valence-electron chi connectivity index (χ0n) is 12.3. The van der Waals surface area contributed by atoms with Gasteiger partial charge in [0.25, 0.3) is 5.56 Å². The Morgan fingerprint density at radius 1 is 1.00 bits per heavy atom. The second-order valence-corrected chi connectivity index (χ2v) is 6.86. The molecule has 24 heavy (non-hydrogen) atoms. The maximum absolute atomic E-state index is 12.4. The van der Waals surface area contributed by atoms with Gasteiger partial charge in [-0.05, 0) is 23.3 Å². The lowest BCUT2D eigenvalue weighted by atomic mass is 10.0. The van der Waals surface area contributed by atoms with Crippen molar-refractivity contribution in [3.8, 4) is 28.0 Å². The lowest BCUT2D eigenvalue weighted by Crippen LogP contribution is -2.08. The van der Waals surface area contributed by atoms with Crippen LogP contribution in [0.5, 0.6) is 5.75 Å². The number of fused-ring (bicyclic) bond motifs is 1. The molecule has 0 atom stereocenters. The van der Waals surface area contributed by atoms with E-state index in [1.165, 1.54) is 11.3 Å². The summed E-state index contributed by atoms with van der Waals surface area (Å²) in [5.41, 5.74) is 2.09. The monoisotopic (exact) mass is 354 g/mol. The Kier molecular flexibility index (Phi) is 3.59. The van der Waals surface area contributed by atoms with Gasteiger partial charge in [-0.3, -0.25) is 9.78 Å². The van der Waals surface area contributed by atoms with Gasteiger partial charge >= 0.3 is 0 Å². The molecule has 0 aliphatic rings. The summed E-state index contributed by atoms with van der Waals surface area (Å²) in [6, 6.07) is 12.7. The highest BCUT2D eigenvalue weighted by Crippen LogP contribution is 2.46. The standard InChI is InChI=1S/C18H11ClN2O2S/c19-16-12(11-6-8-20-9-7-11)14-15(22)13(10-4-2-1-3-5-10)17(23)21-18(14)24-16/h1-9H,(H2,21,22,23). The van der Waals surface area contributed by atoms with Crippen LogP contribution in [0.4, 0.5) is 0 Å². The molecule has 3 heterocycles. The second-order valence-electron chi connectivity index (χ2n) is 5.23. The second kappa shape index (κ2) is 5.78. The highest BCUT2D eigenvalue weighted by Gasteiger charge is 2.21. The van der Waals surface area contributed by atoms with E-state index >= 15 is 0 Å². The molecule has 0 saturated heterocycles. The molecular weight excluding hydrogens is 344 g/mol. The molecule has 3 aromatic heterocycles. The molecule has 0 unspecified atom stereocenters. The van der Waals surface area contributed by atoms with Gasteiger partial charge in [-0.25, -0.2) is 0 Å². The van der Waals surface area contributed by atoms with Crippen LogP contribution in [0.25, 0.3) is 32.5 Å². The Bertz CT molecular complexity index is 1090. The topological polar surface area (TPSA) is 66.0 Å². The van der Waals surface area contributed by atoms with E-state index in [0.717, 1.165) is 5.56 Å².